The third-order valence-corrected chi connectivity index (χ3v) is 2.72. The number of hydrogen-bond acceptors (Lipinski definition) is 7. The minimum absolute atomic E-state index is 0.135. The van der Waals surface area contributed by atoms with E-state index in [1.807, 2.05) is 0 Å². The summed E-state index contributed by atoms with van der Waals surface area (Å²) in [7, 11) is 2.97. The van der Waals surface area contributed by atoms with Gasteiger partial charge in [-0.05, 0) is 13.0 Å². The fraction of sp³-hybridized carbons (Fsp3) is 0.308. The van der Waals surface area contributed by atoms with Gasteiger partial charge in [-0.15, -0.1) is 0 Å². The van der Waals surface area contributed by atoms with Gasteiger partial charge in [0.15, 0.2) is 0 Å². The van der Waals surface area contributed by atoms with Gasteiger partial charge in [0.1, 0.15) is 17.1 Å². The Hall–Kier alpha value is -2.77. The number of aryl methyl sites for hydroxylation is 1. The van der Waals surface area contributed by atoms with Crippen LogP contribution in [0.1, 0.15) is 21.9 Å². The molecular formula is C13H15N3O5. The zero-order valence-corrected chi connectivity index (χ0v) is 11.8. The summed E-state index contributed by atoms with van der Waals surface area (Å²) in [6, 6.07) is 3.01. The van der Waals surface area contributed by atoms with Crippen LogP contribution in [0.4, 0.5) is 5.95 Å². The number of rotatable bonds is 6. The maximum Gasteiger partial charge on any atom is 0.339 e. The second-order valence-electron chi connectivity index (χ2n) is 4.12. The molecule has 112 valence electrons. The molecule has 0 amide bonds. The molecule has 2 N–H and O–H groups in total. The number of methoxy groups -OCH3 is 2. The molecule has 0 spiro atoms. The van der Waals surface area contributed by atoms with Crippen LogP contribution in [0.15, 0.2) is 16.5 Å². The van der Waals surface area contributed by atoms with E-state index in [0.29, 0.717) is 23.3 Å². The molecule has 0 atom stereocenters. The van der Waals surface area contributed by atoms with Gasteiger partial charge in [0.25, 0.3) is 0 Å². The number of aromatic carboxylic acids is 1. The number of carboxylic acid groups (broad SMARTS) is 1. The molecule has 2 heterocycles. The number of nitrogens with zero attached hydrogens (tertiary/aromatic N) is 2. The molecule has 8 heteroatoms. The zero-order chi connectivity index (χ0) is 15.4. The normalized spacial score (nSPS) is 10.2. The van der Waals surface area contributed by atoms with Crippen molar-refractivity contribution in [3.63, 3.8) is 0 Å². The minimum atomic E-state index is -1.03. The fourth-order valence-corrected chi connectivity index (χ4v) is 1.70. The van der Waals surface area contributed by atoms with Crippen LogP contribution in [0.3, 0.4) is 0 Å². The van der Waals surface area contributed by atoms with Crippen LogP contribution in [0.25, 0.3) is 0 Å². The van der Waals surface area contributed by atoms with E-state index in [1.165, 1.54) is 20.3 Å². The highest BCUT2D eigenvalue weighted by Crippen LogP contribution is 2.19. The van der Waals surface area contributed by atoms with E-state index in [0.717, 1.165) is 0 Å². The Morgan fingerprint density at radius 1 is 1.29 bits per heavy atom. The van der Waals surface area contributed by atoms with Crippen LogP contribution < -0.4 is 14.8 Å². The van der Waals surface area contributed by atoms with Crippen LogP contribution >= 0.6 is 0 Å². The molecule has 2 rings (SSSR count). The number of carboxylic acids is 1. The van der Waals surface area contributed by atoms with Crippen LogP contribution in [-0.2, 0) is 6.54 Å². The Labute approximate surface area is 120 Å². The number of hydrogen-bond donors (Lipinski definition) is 2. The van der Waals surface area contributed by atoms with Crippen molar-refractivity contribution in [1.29, 1.82) is 0 Å². The van der Waals surface area contributed by atoms with Crippen LogP contribution in [0.5, 0.6) is 11.8 Å². The fourth-order valence-electron chi connectivity index (χ4n) is 1.70. The largest absolute Gasteiger partial charge is 0.481 e. The van der Waals surface area contributed by atoms with Gasteiger partial charge in [-0.1, -0.05) is 0 Å². The van der Waals surface area contributed by atoms with Gasteiger partial charge in [0, 0.05) is 0 Å². The highest BCUT2D eigenvalue weighted by Gasteiger charge is 2.14. The molecule has 21 heavy (non-hydrogen) atoms. The standard InChI is InChI=1S/C13H15N3O5/c1-7-9(12(17)18)4-8(21-7)6-14-13-15-10(19-2)5-11(16-13)20-3/h4-5H,6H2,1-3H3,(H,17,18)(H,14,15,16). The predicted molar refractivity (Wildman–Crippen MR) is 72.9 cm³/mol. The van der Waals surface area contributed by atoms with E-state index < -0.39 is 5.97 Å². The summed E-state index contributed by atoms with van der Waals surface area (Å²) < 4.78 is 15.4. The predicted octanol–water partition coefficient (Wildman–Crippen LogP) is 1.71. The quantitative estimate of drug-likeness (QED) is 0.828. The summed E-state index contributed by atoms with van der Waals surface area (Å²) >= 11 is 0. The molecule has 8 nitrogen and oxygen atoms in total. The number of carbonyl (C=O) groups is 1. The highest BCUT2D eigenvalue weighted by atomic mass is 16.5. The molecule has 0 aliphatic rings. The van der Waals surface area contributed by atoms with Crippen molar-refractivity contribution in [3.8, 4) is 11.8 Å². The van der Waals surface area contributed by atoms with Crippen LogP contribution in [-0.4, -0.2) is 35.3 Å². The first kappa shape index (κ1) is 14.6. The number of aromatic nitrogens is 2. The first-order valence-corrected chi connectivity index (χ1v) is 6.07. The lowest BCUT2D eigenvalue weighted by Gasteiger charge is -2.07. The van der Waals surface area contributed by atoms with Gasteiger partial charge < -0.3 is 24.3 Å². The van der Waals surface area contributed by atoms with E-state index in [4.69, 9.17) is 19.0 Å². The SMILES string of the molecule is COc1cc(OC)nc(NCc2cc(C(=O)O)c(C)o2)n1. The lowest BCUT2D eigenvalue weighted by atomic mass is 10.2. The van der Waals surface area contributed by atoms with Gasteiger partial charge in [0.2, 0.25) is 17.7 Å². The number of nitrogens with one attached hydrogen (secondary N) is 1. The van der Waals surface area contributed by atoms with E-state index in [9.17, 15) is 4.79 Å². The molecule has 0 saturated heterocycles. The Bertz CT molecular complexity index is 631. The van der Waals surface area contributed by atoms with Gasteiger partial charge in [0.05, 0.1) is 26.8 Å². The topological polar surface area (TPSA) is 107 Å². The third kappa shape index (κ3) is 3.41. The molecule has 0 aliphatic heterocycles. The van der Waals surface area contributed by atoms with Crippen LogP contribution in [0, 0.1) is 6.92 Å². The lowest BCUT2D eigenvalue weighted by Crippen LogP contribution is -2.05. The summed E-state index contributed by atoms with van der Waals surface area (Å²) in [6.45, 7) is 1.84. The average Bonchev–Trinajstić information content (AvgIpc) is 2.86. The maximum absolute atomic E-state index is 10.9. The average molecular weight is 293 g/mol. The second-order valence-corrected chi connectivity index (χ2v) is 4.12. The van der Waals surface area contributed by atoms with Crippen molar-refractivity contribution in [2.75, 3.05) is 19.5 Å². The Kier molecular flexibility index (Phi) is 4.27. The maximum atomic E-state index is 10.9. The van der Waals surface area contributed by atoms with Crippen molar-refractivity contribution in [2.45, 2.75) is 13.5 Å². The Balaban J connectivity index is 2.12. The summed E-state index contributed by atoms with van der Waals surface area (Å²) in [5.41, 5.74) is 0.135. The minimum Gasteiger partial charge on any atom is -0.481 e. The van der Waals surface area contributed by atoms with Gasteiger partial charge >= 0.3 is 5.97 Å². The molecule has 0 fully saturated rings. The van der Waals surface area contributed by atoms with Crippen molar-refractivity contribution in [1.82, 2.24) is 9.97 Å². The molecule has 0 aliphatic carbocycles. The smallest absolute Gasteiger partial charge is 0.339 e. The summed E-state index contributed by atoms with van der Waals surface area (Å²) in [5.74, 6) is 0.787. The molecule has 2 aromatic heterocycles. The van der Waals surface area contributed by atoms with Crippen LogP contribution in [0.2, 0.25) is 0 Å². The molecule has 2 aromatic rings. The Morgan fingerprint density at radius 3 is 2.38 bits per heavy atom. The number of anilines is 1. The number of ether oxygens (including phenoxy) is 2. The van der Waals surface area contributed by atoms with Gasteiger partial charge in [-0.25, -0.2) is 4.79 Å². The first-order valence-electron chi connectivity index (χ1n) is 6.07. The summed E-state index contributed by atoms with van der Waals surface area (Å²) in [4.78, 5) is 19.1. The van der Waals surface area contributed by atoms with E-state index in [1.54, 1.807) is 13.0 Å². The number of furan rings is 1. The lowest BCUT2D eigenvalue weighted by molar-refractivity contribution is 0.0695. The second kappa shape index (κ2) is 6.12. The van der Waals surface area contributed by atoms with E-state index in [-0.39, 0.29) is 18.1 Å². The molecule has 0 saturated carbocycles. The zero-order valence-electron chi connectivity index (χ0n) is 11.8. The van der Waals surface area contributed by atoms with Crippen molar-refractivity contribution < 1.29 is 23.8 Å². The highest BCUT2D eigenvalue weighted by molar-refractivity contribution is 5.88. The van der Waals surface area contributed by atoms with E-state index >= 15 is 0 Å². The van der Waals surface area contributed by atoms with Crippen molar-refractivity contribution in [3.05, 3.63) is 29.2 Å². The third-order valence-electron chi connectivity index (χ3n) is 2.72. The monoisotopic (exact) mass is 293 g/mol. The van der Waals surface area contributed by atoms with Crippen molar-refractivity contribution in [2.24, 2.45) is 0 Å². The summed E-state index contributed by atoms with van der Waals surface area (Å²) in [6.07, 6.45) is 0. The molecular weight excluding hydrogens is 278 g/mol. The van der Waals surface area contributed by atoms with Gasteiger partial charge in [-0.2, -0.15) is 9.97 Å². The molecule has 0 bridgehead atoms. The summed E-state index contributed by atoms with van der Waals surface area (Å²) in [5, 5.41) is 11.9. The van der Waals surface area contributed by atoms with E-state index in [2.05, 4.69) is 15.3 Å². The molecule has 0 aromatic carbocycles. The van der Waals surface area contributed by atoms with Gasteiger partial charge in [-0.3, -0.25) is 0 Å². The molecule has 0 unspecified atom stereocenters. The van der Waals surface area contributed by atoms with Crippen molar-refractivity contribution >= 4 is 11.9 Å². The molecule has 0 radical (unpaired) electrons. The first-order chi connectivity index (χ1) is 10.0. The Morgan fingerprint density at radius 2 is 1.90 bits per heavy atom.